The van der Waals surface area contributed by atoms with Crippen LogP contribution in [0.3, 0.4) is 0 Å². The Kier molecular flexibility index (Phi) is 7.65. The number of benzene rings is 2. The number of nitrogens with zero attached hydrogens (tertiary/aromatic N) is 4. The van der Waals surface area contributed by atoms with Crippen LogP contribution < -0.4 is 4.90 Å². The molecule has 1 aliphatic rings. The normalized spacial score (nSPS) is 15.6. The van der Waals surface area contributed by atoms with E-state index >= 15 is 0 Å². The van der Waals surface area contributed by atoms with Crippen molar-refractivity contribution >= 4 is 5.82 Å². The zero-order valence-corrected chi connectivity index (χ0v) is 19.2. The van der Waals surface area contributed by atoms with Gasteiger partial charge in [0.2, 0.25) is 0 Å². The Morgan fingerprint density at radius 1 is 1.00 bits per heavy atom. The standard InChI is InChI=1S/C26H31FN4O2/c1-19-24(16-20-8-10-22(27)11-9-20)26(29-25(28-19)21-6-4-3-5-7-21)31-14-12-30(13-15-31)17-23(32)18-33-2/h3-11,23,32H,12-18H2,1-2H3/t23-/m1/s1. The van der Waals surface area contributed by atoms with E-state index in [0.717, 1.165) is 54.4 Å². The number of hydrogen-bond donors (Lipinski definition) is 1. The molecule has 0 saturated carbocycles. The average molecular weight is 451 g/mol. The molecule has 0 aliphatic carbocycles. The lowest BCUT2D eigenvalue weighted by atomic mass is 10.0. The lowest BCUT2D eigenvalue weighted by Crippen LogP contribution is -2.49. The Hall–Kier alpha value is -2.87. The van der Waals surface area contributed by atoms with Crippen LogP contribution in [0.15, 0.2) is 54.6 Å². The Morgan fingerprint density at radius 3 is 2.36 bits per heavy atom. The second kappa shape index (κ2) is 10.8. The maximum atomic E-state index is 13.4. The van der Waals surface area contributed by atoms with Gasteiger partial charge in [-0.1, -0.05) is 42.5 Å². The number of hydrogen-bond acceptors (Lipinski definition) is 6. The molecule has 2 heterocycles. The summed E-state index contributed by atoms with van der Waals surface area (Å²) in [5.74, 6) is 1.41. The first-order chi connectivity index (χ1) is 16.0. The monoisotopic (exact) mass is 450 g/mol. The van der Waals surface area contributed by atoms with Gasteiger partial charge in [0.05, 0.1) is 12.7 Å². The van der Waals surface area contributed by atoms with Gasteiger partial charge >= 0.3 is 0 Å². The highest BCUT2D eigenvalue weighted by Gasteiger charge is 2.24. The molecule has 3 aromatic rings. The van der Waals surface area contributed by atoms with Crippen LogP contribution in [0.1, 0.15) is 16.8 Å². The van der Waals surface area contributed by atoms with Crippen LogP contribution in [0.25, 0.3) is 11.4 Å². The number of aromatic nitrogens is 2. The summed E-state index contributed by atoms with van der Waals surface area (Å²) in [5, 5.41) is 10.1. The molecule has 174 valence electrons. The number of aliphatic hydroxyl groups excluding tert-OH is 1. The van der Waals surface area contributed by atoms with Crippen molar-refractivity contribution in [2.45, 2.75) is 19.4 Å². The fourth-order valence-corrected chi connectivity index (χ4v) is 4.26. The number of methoxy groups -OCH3 is 1. The van der Waals surface area contributed by atoms with Crippen LogP contribution in [-0.2, 0) is 11.2 Å². The lowest BCUT2D eigenvalue weighted by molar-refractivity contribution is 0.0365. The molecule has 7 heteroatoms. The second-order valence-corrected chi connectivity index (χ2v) is 8.50. The molecule has 1 fully saturated rings. The number of piperazine rings is 1. The van der Waals surface area contributed by atoms with Crippen molar-refractivity contribution in [3.63, 3.8) is 0 Å². The molecule has 2 aromatic carbocycles. The smallest absolute Gasteiger partial charge is 0.161 e. The van der Waals surface area contributed by atoms with Crippen molar-refractivity contribution in [2.24, 2.45) is 0 Å². The topological polar surface area (TPSA) is 61.7 Å². The van der Waals surface area contributed by atoms with Gasteiger partial charge in [-0.3, -0.25) is 4.90 Å². The van der Waals surface area contributed by atoms with Gasteiger partial charge in [0, 0.05) is 63.1 Å². The number of ether oxygens (including phenoxy) is 1. The van der Waals surface area contributed by atoms with Crippen LogP contribution in [-0.4, -0.2) is 72.5 Å². The van der Waals surface area contributed by atoms with Gasteiger partial charge in [0.25, 0.3) is 0 Å². The molecule has 0 amide bonds. The van der Waals surface area contributed by atoms with E-state index in [0.29, 0.717) is 25.4 Å². The zero-order valence-electron chi connectivity index (χ0n) is 19.2. The molecule has 33 heavy (non-hydrogen) atoms. The van der Waals surface area contributed by atoms with Crippen molar-refractivity contribution in [3.8, 4) is 11.4 Å². The van der Waals surface area contributed by atoms with Crippen LogP contribution in [0.4, 0.5) is 10.2 Å². The molecule has 1 saturated heterocycles. The summed E-state index contributed by atoms with van der Waals surface area (Å²) >= 11 is 0. The van der Waals surface area contributed by atoms with E-state index in [1.165, 1.54) is 12.1 Å². The first-order valence-electron chi connectivity index (χ1n) is 11.3. The maximum absolute atomic E-state index is 13.4. The van der Waals surface area contributed by atoms with Crippen molar-refractivity contribution in [1.29, 1.82) is 0 Å². The first-order valence-corrected chi connectivity index (χ1v) is 11.3. The third kappa shape index (κ3) is 5.93. The predicted octanol–water partition coefficient (Wildman–Crippen LogP) is 3.31. The quantitative estimate of drug-likeness (QED) is 0.568. The van der Waals surface area contributed by atoms with Crippen molar-refractivity contribution in [2.75, 3.05) is 51.3 Å². The van der Waals surface area contributed by atoms with E-state index in [1.54, 1.807) is 7.11 Å². The number of rotatable bonds is 8. The Morgan fingerprint density at radius 2 is 1.70 bits per heavy atom. The Balaban J connectivity index is 1.61. The minimum absolute atomic E-state index is 0.238. The van der Waals surface area contributed by atoms with E-state index in [2.05, 4.69) is 9.80 Å². The van der Waals surface area contributed by atoms with Crippen LogP contribution in [0.2, 0.25) is 0 Å². The number of aliphatic hydroxyl groups is 1. The summed E-state index contributed by atoms with van der Waals surface area (Å²) in [6.45, 7) is 6.24. The highest BCUT2D eigenvalue weighted by Crippen LogP contribution is 2.28. The molecule has 1 aliphatic heterocycles. The summed E-state index contributed by atoms with van der Waals surface area (Å²) in [5.41, 5.74) is 4.00. The van der Waals surface area contributed by atoms with Gasteiger partial charge in [-0.2, -0.15) is 0 Å². The van der Waals surface area contributed by atoms with Crippen LogP contribution in [0.5, 0.6) is 0 Å². The summed E-state index contributed by atoms with van der Waals surface area (Å²) < 4.78 is 18.5. The van der Waals surface area contributed by atoms with E-state index in [1.807, 2.05) is 49.4 Å². The average Bonchev–Trinajstić information content (AvgIpc) is 2.83. The van der Waals surface area contributed by atoms with Crippen LogP contribution >= 0.6 is 0 Å². The Labute approximate surface area is 194 Å². The SMILES string of the molecule is COC[C@H](O)CN1CCN(c2nc(-c3ccccc3)nc(C)c2Cc2ccc(F)cc2)CC1. The van der Waals surface area contributed by atoms with Gasteiger partial charge in [-0.25, -0.2) is 14.4 Å². The molecular weight excluding hydrogens is 419 g/mol. The fraction of sp³-hybridized carbons (Fsp3) is 0.385. The third-order valence-corrected chi connectivity index (χ3v) is 6.02. The predicted molar refractivity (Wildman–Crippen MR) is 128 cm³/mol. The van der Waals surface area contributed by atoms with Crippen molar-refractivity contribution in [3.05, 3.63) is 77.2 Å². The third-order valence-electron chi connectivity index (χ3n) is 6.02. The second-order valence-electron chi connectivity index (χ2n) is 8.50. The summed E-state index contributed by atoms with van der Waals surface area (Å²) in [6, 6.07) is 16.6. The molecule has 0 bridgehead atoms. The van der Waals surface area contributed by atoms with Gasteiger partial charge < -0.3 is 14.7 Å². The van der Waals surface area contributed by atoms with E-state index in [4.69, 9.17) is 14.7 Å². The minimum atomic E-state index is -0.485. The molecular formula is C26H31FN4O2. The van der Waals surface area contributed by atoms with E-state index in [9.17, 15) is 9.50 Å². The van der Waals surface area contributed by atoms with Gasteiger partial charge in [-0.15, -0.1) is 0 Å². The molecule has 4 rings (SSSR count). The summed E-state index contributed by atoms with van der Waals surface area (Å²) in [4.78, 5) is 14.4. The first kappa shape index (κ1) is 23.3. The lowest BCUT2D eigenvalue weighted by Gasteiger charge is -2.37. The van der Waals surface area contributed by atoms with Gasteiger partial charge in [-0.05, 0) is 24.6 Å². The molecule has 0 spiro atoms. The molecule has 1 N–H and O–H groups in total. The van der Waals surface area contributed by atoms with E-state index in [-0.39, 0.29) is 5.82 Å². The van der Waals surface area contributed by atoms with Crippen molar-refractivity contribution < 1.29 is 14.2 Å². The number of halogens is 1. The highest BCUT2D eigenvalue weighted by molar-refractivity contribution is 5.61. The molecule has 0 radical (unpaired) electrons. The van der Waals surface area contributed by atoms with Gasteiger partial charge in [0.1, 0.15) is 11.6 Å². The van der Waals surface area contributed by atoms with Crippen LogP contribution in [0, 0.1) is 12.7 Å². The number of β-amino-alcohol motifs (C(OH)–C–C–N with tert-alkyl or cyclic N) is 1. The number of anilines is 1. The summed E-state index contributed by atoms with van der Waals surface area (Å²) in [7, 11) is 1.60. The minimum Gasteiger partial charge on any atom is -0.389 e. The Bertz CT molecular complexity index is 1040. The maximum Gasteiger partial charge on any atom is 0.161 e. The van der Waals surface area contributed by atoms with Crippen molar-refractivity contribution in [1.82, 2.24) is 14.9 Å². The van der Waals surface area contributed by atoms with E-state index < -0.39 is 6.10 Å². The zero-order chi connectivity index (χ0) is 23.2. The van der Waals surface area contributed by atoms with Gasteiger partial charge in [0.15, 0.2) is 5.82 Å². The largest absolute Gasteiger partial charge is 0.389 e. The number of aryl methyl sites for hydroxylation is 1. The fourth-order valence-electron chi connectivity index (χ4n) is 4.26. The molecule has 1 aromatic heterocycles. The molecule has 6 nitrogen and oxygen atoms in total. The molecule has 0 unspecified atom stereocenters. The molecule has 1 atom stereocenters. The highest BCUT2D eigenvalue weighted by atomic mass is 19.1. The summed E-state index contributed by atoms with van der Waals surface area (Å²) in [6.07, 6.45) is 0.157.